The summed E-state index contributed by atoms with van der Waals surface area (Å²) in [5, 5.41) is 2.82. The molecular weight excluding hydrogens is 400 g/mol. The van der Waals surface area contributed by atoms with E-state index in [9.17, 15) is 4.79 Å². The molecule has 118 valence electrons. The zero-order valence-electron chi connectivity index (χ0n) is 12.6. The molecule has 1 rings (SSSR count). The molecule has 0 aliphatic rings. The van der Waals surface area contributed by atoms with E-state index in [-0.39, 0.29) is 18.6 Å². The van der Waals surface area contributed by atoms with Crippen LogP contribution in [0.2, 0.25) is 0 Å². The number of hydrogen-bond acceptors (Lipinski definition) is 3. The summed E-state index contributed by atoms with van der Waals surface area (Å²) in [6.07, 6.45) is 0.784. The fourth-order valence-electron chi connectivity index (χ4n) is 1.75. The van der Waals surface area contributed by atoms with Gasteiger partial charge < -0.3 is 15.8 Å². The lowest BCUT2D eigenvalue weighted by atomic mass is 10.1. The van der Waals surface area contributed by atoms with Crippen LogP contribution in [0.3, 0.4) is 0 Å². The number of amides is 1. The molecule has 1 aromatic carbocycles. The molecule has 0 radical (unpaired) electrons. The van der Waals surface area contributed by atoms with Crippen LogP contribution < -0.4 is 15.8 Å². The van der Waals surface area contributed by atoms with Gasteiger partial charge in [-0.2, -0.15) is 0 Å². The van der Waals surface area contributed by atoms with Gasteiger partial charge in [0, 0.05) is 12.6 Å². The number of nitrogens with one attached hydrogen (secondary N) is 1. The molecule has 6 heteroatoms. The standard InChI is InChI=1S/C15H22Br2N2O2/c1-9(2)7-19-14(20)8-21-15-12(16)5-11(4-10(3)18)6-13(15)17/h5-6,9-10H,4,7-8,18H2,1-3H3,(H,19,20). The third-order valence-electron chi connectivity index (χ3n) is 2.67. The molecule has 0 aromatic heterocycles. The fraction of sp³-hybridized carbons (Fsp3) is 0.533. The number of carbonyl (C=O) groups excluding carboxylic acids is 1. The van der Waals surface area contributed by atoms with Crippen molar-refractivity contribution >= 4 is 37.8 Å². The molecule has 0 spiro atoms. The Hall–Kier alpha value is -0.590. The Morgan fingerprint density at radius 2 is 1.86 bits per heavy atom. The third kappa shape index (κ3) is 6.80. The van der Waals surface area contributed by atoms with Crippen molar-refractivity contribution in [3.05, 3.63) is 26.6 Å². The molecule has 1 aromatic rings. The minimum absolute atomic E-state index is 0.00341. The number of ether oxygens (including phenoxy) is 1. The van der Waals surface area contributed by atoms with Gasteiger partial charge in [0.25, 0.3) is 5.91 Å². The average molecular weight is 422 g/mol. The summed E-state index contributed by atoms with van der Waals surface area (Å²) in [4.78, 5) is 11.7. The average Bonchev–Trinajstić information content (AvgIpc) is 2.34. The van der Waals surface area contributed by atoms with Crippen molar-refractivity contribution in [2.75, 3.05) is 13.2 Å². The number of benzene rings is 1. The third-order valence-corrected chi connectivity index (χ3v) is 3.85. The lowest BCUT2D eigenvalue weighted by molar-refractivity contribution is -0.123. The molecule has 1 unspecified atom stereocenters. The Morgan fingerprint density at radius 1 is 1.29 bits per heavy atom. The van der Waals surface area contributed by atoms with Crippen LogP contribution in [0.25, 0.3) is 0 Å². The van der Waals surface area contributed by atoms with Gasteiger partial charge in [-0.3, -0.25) is 4.79 Å². The lowest BCUT2D eigenvalue weighted by Gasteiger charge is -2.14. The van der Waals surface area contributed by atoms with Gasteiger partial charge in [-0.1, -0.05) is 13.8 Å². The number of halogens is 2. The lowest BCUT2D eigenvalue weighted by Crippen LogP contribution is -2.31. The topological polar surface area (TPSA) is 64.3 Å². The second-order valence-corrected chi connectivity index (χ2v) is 7.27. The maximum Gasteiger partial charge on any atom is 0.257 e. The first-order chi connectivity index (χ1) is 9.79. The van der Waals surface area contributed by atoms with Gasteiger partial charge >= 0.3 is 0 Å². The van der Waals surface area contributed by atoms with E-state index in [0.717, 1.165) is 20.9 Å². The van der Waals surface area contributed by atoms with Gasteiger partial charge in [0.2, 0.25) is 0 Å². The van der Waals surface area contributed by atoms with Crippen LogP contribution in [0, 0.1) is 5.92 Å². The van der Waals surface area contributed by atoms with Crippen LogP contribution >= 0.6 is 31.9 Å². The number of hydrogen-bond donors (Lipinski definition) is 2. The van der Waals surface area contributed by atoms with Gasteiger partial charge in [0.05, 0.1) is 8.95 Å². The highest BCUT2D eigenvalue weighted by molar-refractivity contribution is 9.11. The van der Waals surface area contributed by atoms with Crippen molar-refractivity contribution in [3.8, 4) is 5.75 Å². The first-order valence-electron chi connectivity index (χ1n) is 6.92. The van der Waals surface area contributed by atoms with Crippen molar-refractivity contribution in [2.24, 2.45) is 11.7 Å². The Labute approximate surface area is 143 Å². The summed E-state index contributed by atoms with van der Waals surface area (Å²) in [5.74, 6) is 0.926. The van der Waals surface area contributed by atoms with Crippen molar-refractivity contribution < 1.29 is 9.53 Å². The zero-order valence-corrected chi connectivity index (χ0v) is 15.8. The highest BCUT2D eigenvalue weighted by Gasteiger charge is 2.12. The normalized spacial score (nSPS) is 12.3. The van der Waals surface area contributed by atoms with Crippen LogP contribution in [-0.2, 0) is 11.2 Å². The molecule has 0 fully saturated rings. The molecule has 1 amide bonds. The number of carbonyl (C=O) groups is 1. The van der Waals surface area contributed by atoms with E-state index >= 15 is 0 Å². The van der Waals surface area contributed by atoms with Crippen molar-refractivity contribution in [3.63, 3.8) is 0 Å². The minimum atomic E-state index is -0.123. The molecule has 3 N–H and O–H groups in total. The van der Waals surface area contributed by atoms with Gasteiger partial charge in [0.1, 0.15) is 5.75 Å². The van der Waals surface area contributed by atoms with Crippen LogP contribution in [0.15, 0.2) is 21.1 Å². The summed E-state index contributed by atoms with van der Waals surface area (Å²) in [7, 11) is 0. The zero-order chi connectivity index (χ0) is 16.0. The van der Waals surface area contributed by atoms with E-state index in [1.54, 1.807) is 0 Å². The largest absolute Gasteiger partial charge is 0.481 e. The van der Waals surface area contributed by atoms with Crippen LogP contribution in [0.4, 0.5) is 0 Å². The predicted molar refractivity (Wildman–Crippen MR) is 92.5 cm³/mol. The Balaban J connectivity index is 2.65. The van der Waals surface area contributed by atoms with Crippen LogP contribution in [0.1, 0.15) is 26.3 Å². The SMILES string of the molecule is CC(C)CNC(=O)COc1c(Br)cc(CC(C)N)cc1Br. The van der Waals surface area contributed by atoms with Gasteiger partial charge in [-0.25, -0.2) is 0 Å². The van der Waals surface area contributed by atoms with Crippen molar-refractivity contribution in [1.82, 2.24) is 5.32 Å². The molecule has 0 aliphatic heterocycles. The first-order valence-corrected chi connectivity index (χ1v) is 8.51. The summed E-state index contributed by atoms with van der Waals surface area (Å²) >= 11 is 6.95. The maximum atomic E-state index is 11.7. The molecule has 0 heterocycles. The van der Waals surface area contributed by atoms with Crippen LogP contribution in [-0.4, -0.2) is 25.1 Å². The van der Waals surface area contributed by atoms with E-state index in [0.29, 0.717) is 18.2 Å². The molecule has 4 nitrogen and oxygen atoms in total. The quantitative estimate of drug-likeness (QED) is 0.710. The summed E-state index contributed by atoms with van der Waals surface area (Å²) < 4.78 is 7.20. The van der Waals surface area contributed by atoms with Crippen molar-refractivity contribution in [2.45, 2.75) is 33.2 Å². The van der Waals surface area contributed by atoms with E-state index in [2.05, 4.69) is 37.2 Å². The van der Waals surface area contributed by atoms with E-state index in [1.807, 2.05) is 32.9 Å². The van der Waals surface area contributed by atoms with Gasteiger partial charge in [-0.15, -0.1) is 0 Å². The molecule has 0 saturated carbocycles. The molecule has 0 saturated heterocycles. The monoisotopic (exact) mass is 420 g/mol. The van der Waals surface area contributed by atoms with Crippen LogP contribution in [0.5, 0.6) is 5.75 Å². The molecule has 21 heavy (non-hydrogen) atoms. The Bertz CT molecular complexity index is 468. The fourth-order valence-corrected chi connectivity index (χ4v) is 3.26. The second-order valence-electron chi connectivity index (χ2n) is 5.56. The smallest absolute Gasteiger partial charge is 0.257 e. The van der Waals surface area contributed by atoms with E-state index in [4.69, 9.17) is 10.5 Å². The second kappa shape index (κ2) is 8.76. The molecule has 0 aliphatic carbocycles. The van der Waals surface area contributed by atoms with Crippen molar-refractivity contribution in [1.29, 1.82) is 0 Å². The molecule has 0 bridgehead atoms. The molecule has 1 atom stereocenters. The molecular formula is C15H22Br2N2O2. The summed E-state index contributed by atoms with van der Waals surface area (Å²) in [5.41, 5.74) is 6.92. The minimum Gasteiger partial charge on any atom is -0.481 e. The number of nitrogens with two attached hydrogens (primary N) is 1. The van der Waals surface area contributed by atoms with Gasteiger partial charge in [0.15, 0.2) is 6.61 Å². The highest BCUT2D eigenvalue weighted by Crippen LogP contribution is 2.35. The predicted octanol–water partition coefficient (Wildman–Crippen LogP) is 3.25. The summed E-state index contributed by atoms with van der Waals surface area (Å²) in [6, 6.07) is 4.03. The van der Waals surface area contributed by atoms with E-state index in [1.165, 1.54) is 0 Å². The Morgan fingerprint density at radius 3 is 2.33 bits per heavy atom. The Kier molecular flexibility index (Phi) is 7.70. The van der Waals surface area contributed by atoms with E-state index < -0.39 is 0 Å². The maximum absolute atomic E-state index is 11.7. The van der Waals surface area contributed by atoms with Gasteiger partial charge in [-0.05, 0) is 68.8 Å². The first kappa shape index (κ1) is 18.5. The summed E-state index contributed by atoms with van der Waals surface area (Å²) in [6.45, 7) is 6.71. The number of rotatable bonds is 7. The highest BCUT2D eigenvalue weighted by atomic mass is 79.9.